The minimum atomic E-state index is -0.137. The van der Waals surface area contributed by atoms with Crippen LogP contribution in [0.5, 0.6) is 11.5 Å². The molecule has 1 aliphatic heterocycles. The second kappa shape index (κ2) is 11.6. The molecule has 7 nitrogen and oxygen atoms in total. The first-order valence-electron chi connectivity index (χ1n) is 11.0. The van der Waals surface area contributed by atoms with Crippen molar-refractivity contribution in [2.45, 2.75) is 45.9 Å². The van der Waals surface area contributed by atoms with E-state index >= 15 is 0 Å². The standard InChI is InChI=1S/C24H34N4O3/c1-3-30-21-9-10-23(31-4-2)22(15-21)27-24(25)26-16-18-5-7-19(8-6-18)17-28-13-11-20(29)12-14-28/h5-10,15,20,29H,3-4,11-14,16-17H2,1-2H3,(H3,25,26,27). The Morgan fingerprint density at radius 2 is 1.74 bits per heavy atom. The summed E-state index contributed by atoms with van der Waals surface area (Å²) in [4.78, 5) is 6.85. The van der Waals surface area contributed by atoms with Crippen molar-refractivity contribution >= 4 is 11.6 Å². The van der Waals surface area contributed by atoms with Gasteiger partial charge in [-0.15, -0.1) is 0 Å². The molecule has 1 saturated heterocycles. The second-order valence-corrected chi connectivity index (χ2v) is 7.67. The summed E-state index contributed by atoms with van der Waals surface area (Å²) >= 11 is 0. The van der Waals surface area contributed by atoms with E-state index in [1.807, 2.05) is 32.0 Å². The Bertz CT molecular complexity index is 846. The van der Waals surface area contributed by atoms with Crippen molar-refractivity contribution in [3.05, 3.63) is 53.6 Å². The summed E-state index contributed by atoms with van der Waals surface area (Å²) in [6, 6.07) is 14.1. The maximum atomic E-state index is 9.64. The lowest BCUT2D eigenvalue weighted by Gasteiger charge is -2.29. The lowest BCUT2D eigenvalue weighted by Crippen LogP contribution is -2.35. The summed E-state index contributed by atoms with van der Waals surface area (Å²) in [5.74, 6) is 1.78. The summed E-state index contributed by atoms with van der Waals surface area (Å²) in [5.41, 5.74) is 9.22. The normalized spacial score (nSPS) is 15.6. The summed E-state index contributed by atoms with van der Waals surface area (Å²) < 4.78 is 11.2. The van der Waals surface area contributed by atoms with E-state index in [1.54, 1.807) is 0 Å². The van der Waals surface area contributed by atoms with Crippen molar-refractivity contribution in [3.63, 3.8) is 0 Å². The molecule has 0 atom stereocenters. The number of nitrogens with zero attached hydrogens (tertiary/aromatic N) is 2. The number of hydrogen-bond acceptors (Lipinski definition) is 5. The van der Waals surface area contributed by atoms with Crippen LogP contribution in [0.15, 0.2) is 47.5 Å². The molecule has 0 spiro atoms. The Morgan fingerprint density at radius 1 is 1.06 bits per heavy atom. The lowest BCUT2D eigenvalue weighted by atomic mass is 10.1. The first-order valence-corrected chi connectivity index (χ1v) is 11.0. The zero-order valence-corrected chi connectivity index (χ0v) is 18.5. The van der Waals surface area contributed by atoms with Gasteiger partial charge in [-0.1, -0.05) is 24.3 Å². The largest absolute Gasteiger partial charge is 0.494 e. The molecular formula is C24H34N4O3. The molecule has 0 bridgehead atoms. The van der Waals surface area contributed by atoms with Gasteiger partial charge in [0.2, 0.25) is 0 Å². The topological polar surface area (TPSA) is 92.3 Å². The number of guanidine groups is 1. The molecule has 0 amide bonds. The Morgan fingerprint density at radius 3 is 2.42 bits per heavy atom. The highest BCUT2D eigenvalue weighted by Gasteiger charge is 2.16. The number of rotatable bonds is 9. The van der Waals surface area contributed by atoms with E-state index in [4.69, 9.17) is 15.2 Å². The van der Waals surface area contributed by atoms with Crippen molar-refractivity contribution in [2.75, 3.05) is 31.6 Å². The average molecular weight is 427 g/mol. The van der Waals surface area contributed by atoms with Gasteiger partial charge in [-0.25, -0.2) is 4.99 Å². The molecule has 31 heavy (non-hydrogen) atoms. The molecule has 0 saturated carbocycles. The van der Waals surface area contributed by atoms with Crippen molar-refractivity contribution in [3.8, 4) is 11.5 Å². The number of aliphatic hydroxyl groups is 1. The third-order valence-corrected chi connectivity index (χ3v) is 5.24. The van der Waals surface area contributed by atoms with Crippen LogP contribution >= 0.6 is 0 Å². The number of aliphatic imine (C=N–C) groups is 1. The van der Waals surface area contributed by atoms with E-state index in [2.05, 4.69) is 39.5 Å². The van der Waals surface area contributed by atoms with Crippen LogP contribution in [0, 0.1) is 0 Å². The number of ether oxygens (including phenoxy) is 2. The molecule has 0 unspecified atom stereocenters. The van der Waals surface area contributed by atoms with E-state index in [0.29, 0.717) is 31.5 Å². The average Bonchev–Trinajstić information content (AvgIpc) is 2.77. The van der Waals surface area contributed by atoms with Crippen LogP contribution in [-0.4, -0.2) is 48.4 Å². The number of benzene rings is 2. The third-order valence-electron chi connectivity index (χ3n) is 5.24. The number of likely N-dealkylation sites (tertiary alicyclic amines) is 1. The van der Waals surface area contributed by atoms with Crippen LogP contribution in [0.2, 0.25) is 0 Å². The number of aliphatic hydroxyl groups excluding tert-OH is 1. The monoisotopic (exact) mass is 426 g/mol. The molecule has 0 aliphatic carbocycles. The van der Waals surface area contributed by atoms with E-state index in [9.17, 15) is 5.11 Å². The fraction of sp³-hybridized carbons (Fsp3) is 0.458. The molecule has 0 radical (unpaired) electrons. The maximum absolute atomic E-state index is 9.64. The molecule has 0 aromatic heterocycles. The zero-order valence-electron chi connectivity index (χ0n) is 18.5. The minimum Gasteiger partial charge on any atom is -0.494 e. The first kappa shape index (κ1) is 22.9. The Labute approximate surface area is 184 Å². The molecule has 1 heterocycles. The second-order valence-electron chi connectivity index (χ2n) is 7.67. The highest BCUT2D eigenvalue weighted by Crippen LogP contribution is 2.29. The van der Waals surface area contributed by atoms with Crippen LogP contribution in [-0.2, 0) is 13.1 Å². The summed E-state index contributed by atoms with van der Waals surface area (Å²) in [7, 11) is 0. The molecule has 2 aromatic rings. The number of nitrogens with two attached hydrogens (primary N) is 1. The third kappa shape index (κ3) is 7.15. The molecule has 168 valence electrons. The van der Waals surface area contributed by atoms with Crippen LogP contribution in [0.1, 0.15) is 37.8 Å². The highest BCUT2D eigenvalue weighted by molar-refractivity contribution is 5.94. The van der Waals surface area contributed by atoms with Crippen LogP contribution < -0.4 is 20.5 Å². The van der Waals surface area contributed by atoms with Gasteiger partial charge >= 0.3 is 0 Å². The van der Waals surface area contributed by atoms with Gasteiger partial charge in [-0.2, -0.15) is 0 Å². The molecule has 3 rings (SSSR count). The van der Waals surface area contributed by atoms with Gasteiger partial charge in [0.25, 0.3) is 0 Å². The van der Waals surface area contributed by atoms with Gasteiger partial charge in [0.15, 0.2) is 5.96 Å². The first-order chi connectivity index (χ1) is 15.1. The van der Waals surface area contributed by atoms with Crippen LogP contribution in [0.4, 0.5) is 5.69 Å². The SMILES string of the molecule is CCOc1ccc(OCC)c(NC(N)=NCc2ccc(CN3CCC(O)CC3)cc2)c1. The van der Waals surface area contributed by atoms with Crippen LogP contribution in [0.3, 0.4) is 0 Å². The summed E-state index contributed by atoms with van der Waals surface area (Å²) in [6.45, 7) is 8.34. The van der Waals surface area contributed by atoms with Gasteiger partial charge in [0.1, 0.15) is 11.5 Å². The van der Waals surface area contributed by atoms with Crippen molar-refractivity contribution < 1.29 is 14.6 Å². The molecule has 1 aliphatic rings. The fourth-order valence-electron chi connectivity index (χ4n) is 3.58. The number of hydrogen-bond donors (Lipinski definition) is 3. The van der Waals surface area contributed by atoms with Crippen molar-refractivity contribution in [1.82, 2.24) is 4.90 Å². The van der Waals surface area contributed by atoms with E-state index in [1.165, 1.54) is 5.56 Å². The van der Waals surface area contributed by atoms with Gasteiger partial charge < -0.3 is 25.6 Å². The fourth-order valence-corrected chi connectivity index (χ4v) is 3.58. The van der Waals surface area contributed by atoms with E-state index < -0.39 is 0 Å². The molecule has 4 N–H and O–H groups in total. The zero-order chi connectivity index (χ0) is 22.1. The van der Waals surface area contributed by atoms with Crippen molar-refractivity contribution in [2.24, 2.45) is 10.7 Å². The predicted molar refractivity (Wildman–Crippen MR) is 125 cm³/mol. The number of nitrogens with one attached hydrogen (secondary N) is 1. The van der Waals surface area contributed by atoms with Gasteiger partial charge in [0.05, 0.1) is 31.5 Å². The maximum Gasteiger partial charge on any atom is 0.193 e. The lowest BCUT2D eigenvalue weighted by molar-refractivity contribution is 0.0792. The van der Waals surface area contributed by atoms with Crippen molar-refractivity contribution in [1.29, 1.82) is 0 Å². The number of anilines is 1. The Balaban J connectivity index is 1.57. The smallest absolute Gasteiger partial charge is 0.193 e. The molecule has 2 aromatic carbocycles. The predicted octanol–water partition coefficient (Wildman–Crippen LogP) is 3.37. The van der Waals surface area contributed by atoms with E-state index in [-0.39, 0.29) is 6.10 Å². The molecular weight excluding hydrogens is 392 g/mol. The van der Waals surface area contributed by atoms with E-state index in [0.717, 1.165) is 49.5 Å². The molecule has 7 heteroatoms. The summed E-state index contributed by atoms with van der Waals surface area (Å²) in [6.07, 6.45) is 1.58. The van der Waals surface area contributed by atoms with Gasteiger partial charge in [-0.05, 0) is 49.9 Å². The molecule has 1 fully saturated rings. The highest BCUT2D eigenvalue weighted by atomic mass is 16.5. The minimum absolute atomic E-state index is 0.137. The number of piperidine rings is 1. The Kier molecular flexibility index (Phi) is 8.55. The van der Waals surface area contributed by atoms with Gasteiger partial charge in [0, 0.05) is 25.7 Å². The van der Waals surface area contributed by atoms with Crippen LogP contribution in [0.25, 0.3) is 0 Å². The quantitative estimate of drug-likeness (QED) is 0.421. The van der Waals surface area contributed by atoms with Gasteiger partial charge in [-0.3, -0.25) is 4.90 Å². The Hall–Kier alpha value is -2.77. The summed E-state index contributed by atoms with van der Waals surface area (Å²) in [5, 5.41) is 12.8.